The number of benzene rings is 2. The molecule has 1 saturated heterocycles. The molecule has 1 aliphatic heterocycles. The Bertz CT molecular complexity index is 1360. The van der Waals surface area contributed by atoms with Crippen LogP contribution in [-0.2, 0) is 11.2 Å². The molecule has 0 radical (unpaired) electrons. The van der Waals surface area contributed by atoms with Crippen LogP contribution in [0.3, 0.4) is 0 Å². The number of fused-ring (bicyclic) bond motifs is 1. The van der Waals surface area contributed by atoms with Crippen LogP contribution in [0.2, 0.25) is 0 Å². The molecule has 2 unspecified atom stereocenters. The highest BCUT2D eigenvalue weighted by Gasteiger charge is 2.32. The van der Waals surface area contributed by atoms with E-state index in [0.29, 0.717) is 12.4 Å². The molecule has 5 nitrogen and oxygen atoms in total. The largest absolute Gasteiger partial charge is 0.383 e. The third kappa shape index (κ3) is 5.06. The van der Waals surface area contributed by atoms with Crippen molar-refractivity contribution in [2.45, 2.75) is 59.0 Å². The fraction of sp³-hybridized carbons (Fsp3) is 0.367. The molecule has 1 fully saturated rings. The number of anilines is 1. The first-order valence-corrected chi connectivity index (χ1v) is 12.5. The van der Waals surface area contributed by atoms with Crippen molar-refractivity contribution in [3.8, 4) is 11.1 Å². The van der Waals surface area contributed by atoms with Crippen LogP contribution < -0.4 is 5.73 Å². The van der Waals surface area contributed by atoms with E-state index < -0.39 is 0 Å². The predicted octanol–water partition coefficient (Wildman–Crippen LogP) is 6.81. The van der Waals surface area contributed by atoms with Gasteiger partial charge < -0.3 is 10.5 Å². The van der Waals surface area contributed by atoms with Gasteiger partial charge >= 0.3 is 0 Å². The first-order valence-electron chi connectivity index (χ1n) is 12.5. The van der Waals surface area contributed by atoms with Gasteiger partial charge in [-0.1, -0.05) is 51.1 Å². The van der Waals surface area contributed by atoms with Crippen LogP contribution in [0.15, 0.2) is 60.9 Å². The Morgan fingerprint density at radius 1 is 1.03 bits per heavy atom. The summed E-state index contributed by atoms with van der Waals surface area (Å²) in [5, 5.41) is 1.07. The summed E-state index contributed by atoms with van der Waals surface area (Å²) in [6.07, 6.45) is 4.41. The Morgan fingerprint density at radius 3 is 2.66 bits per heavy atom. The number of nitrogens with two attached hydrogens (primary N) is 1. The lowest BCUT2D eigenvalue weighted by Crippen LogP contribution is -2.23. The highest BCUT2D eigenvalue weighted by molar-refractivity contribution is 5.87. The maximum atomic E-state index is 6.52. The summed E-state index contributed by atoms with van der Waals surface area (Å²) in [6, 6.07) is 19.1. The fourth-order valence-electron chi connectivity index (χ4n) is 5.15. The van der Waals surface area contributed by atoms with Crippen LogP contribution in [-0.4, -0.2) is 21.6 Å². The maximum Gasteiger partial charge on any atom is 0.129 e. The SMILES string of the molecule is Cc1ccccc1-c1ccc2nc(N)c(C3OCCCC3c3cc(CC(C)(C)C)ncn3)cc2c1. The van der Waals surface area contributed by atoms with E-state index in [1.54, 1.807) is 6.33 Å². The molecular formula is C30H34N4O. The molecule has 3 heterocycles. The van der Waals surface area contributed by atoms with Gasteiger partial charge in [-0.2, -0.15) is 0 Å². The number of hydrogen-bond donors (Lipinski definition) is 1. The van der Waals surface area contributed by atoms with E-state index in [9.17, 15) is 0 Å². The normalized spacial score (nSPS) is 18.6. The van der Waals surface area contributed by atoms with Gasteiger partial charge in [-0.3, -0.25) is 0 Å². The molecule has 0 bridgehead atoms. The minimum Gasteiger partial charge on any atom is -0.383 e. The van der Waals surface area contributed by atoms with Crippen molar-refractivity contribution in [3.63, 3.8) is 0 Å². The summed E-state index contributed by atoms with van der Waals surface area (Å²) < 4.78 is 6.36. The van der Waals surface area contributed by atoms with Crippen LogP contribution in [0.25, 0.3) is 22.0 Å². The number of aromatic nitrogens is 3. The Kier molecular flexibility index (Phi) is 6.28. The van der Waals surface area contributed by atoms with Crippen molar-refractivity contribution in [1.29, 1.82) is 0 Å². The average molecular weight is 467 g/mol. The fourth-order valence-corrected chi connectivity index (χ4v) is 5.15. The summed E-state index contributed by atoms with van der Waals surface area (Å²) in [5.41, 5.74) is 14.3. The van der Waals surface area contributed by atoms with E-state index in [1.807, 2.05) is 0 Å². The minimum absolute atomic E-state index is 0.117. The zero-order valence-electron chi connectivity index (χ0n) is 21.1. The van der Waals surface area contributed by atoms with E-state index in [-0.39, 0.29) is 17.4 Å². The maximum absolute atomic E-state index is 6.52. The summed E-state index contributed by atoms with van der Waals surface area (Å²) in [7, 11) is 0. The first-order chi connectivity index (χ1) is 16.8. The van der Waals surface area contributed by atoms with Crippen molar-refractivity contribution in [2.24, 2.45) is 5.41 Å². The molecule has 0 saturated carbocycles. The number of nitrogen functional groups attached to an aromatic ring is 1. The summed E-state index contributed by atoms with van der Waals surface area (Å²) in [5.74, 6) is 0.647. The number of aryl methyl sites for hydroxylation is 1. The highest BCUT2D eigenvalue weighted by atomic mass is 16.5. The zero-order valence-corrected chi connectivity index (χ0v) is 21.1. The number of rotatable bonds is 4. The van der Waals surface area contributed by atoms with Gasteiger partial charge in [0.25, 0.3) is 0 Å². The van der Waals surface area contributed by atoms with Crippen LogP contribution in [0.5, 0.6) is 0 Å². The molecule has 0 amide bonds. The van der Waals surface area contributed by atoms with Crippen LogP contribution >= 0.6 is 0 Å². The van der Waals surface area contributed by atoms with Crippen LogP contribution in [0.4, 0.5) is 5.82 Å². The van der Waals surface area contributed by atoms with E-state index in [4.69, 9.17) is 15.5 Å². The molecule has 5 rings (SSSR count). The van der Waals surface area contributed by atoms with E-state index in [2.05, 4.69) is 92.3 Å². The third-order valence-corrected chi connectivity index (χ3v) is 6.80. The second kappa shape index (κ2) is 9.38. The molecule has 2 atom stereocenters. The van der Waals surface area contributed by atoms with Crippen molar-refractivity contribution in [2.75, 3.05) is 12.3 Å². The molecule has 180 valence electrons. The molecule has 2 N–H and O–H groups in total. The van der Waals surface area contributed by atoms with E-state index in [1.165, 1.54) is 16.7 Å². The molecule has 4 aromatic rings. The molecule has 0 spiro atoms. The third-order valence-electron chi connectivity index (χ3n) is 6.80. The van der Waals surface area contributed by atoms with E-state index >= 15 is 0 Å². The zero-order chi connectivity index (χ0) is 24.6. The summed E-state index contributed by atoms with van der Waals surface area (Å²) >= 11 is 0. The van der Waals surface area contributed by atoms with Crippen molar-refractivity contribution in [1.82, 2.24) is 15.0 Å². The summed E-state index contributed by atoms with van der Waals surface area (Å²) in [4.78, 5) is 14.0. The van der Waals surface area contributed by atoms with Gasteiger partial charge in [-0.25, -0.2) is 15.0 Å². The molecule has 2 aromatic heterocycles. The molecule has 35 heavy (non-hydrogen) atoms. The smallest absolute Gasteiger partial charge is 0.129 e. The van der Waals surface area contributed by atoms with E-state index in [0.717, 1.165) is 47.1 Å². The average Bonchev–Trinajstić information content (AvgIpc) is 2.83. The predicted molar refractivity (Wildman–Crippen MR) is 142 cm³/mol. The number of nitrogens with zero attached hydrogens (tertiary/aromatic N) is 3. The minimum atomic E-state index is -0.180. The number of pyridine rings is 1. The lowest BCUT2D eigenvalue weighted by Gasteiger charge is -2.32. The van der Waals surface area contributed by atoms with Gasteiger partial charge in [0.05, 0.1) is 17.3 Å². The number of hydrogen-bond acceptors (Lipinski definition) is 5. The molecule has 5 heteroatoms. The Balaban J connectivity index is 1.54. The van der Waals surface area contributed by atoms with Crippen molar-refractivity contribution >= 4 is 16.7 Å². The summed E-state index contributed by atoms with van der Waals surface area (Å²) in [6.45, 7) is 9.54. The molecule has 0 aliphatic carbocycles. The monoisotopic (exact) mass is 466 g/mol. The van der Waals surface area contributed by atoms with Crippen molar-refractivity contribution < 1.29 is 4.74 Å². The van der Waals surface area contributed by atoms with Crippen LogP contribution in [0, 0.1) is 12.3 Å². The Morgan fingerprint density at radius 2 is 1.86 bits per heavy atom. The van der Waals surface area contributed by atoms with Gasteiger partial charge in [0.15, 0.2) is 0 Å². The second-order valence-corrected chi connectivity index (χ2v) is 10.9. The first kappa shape index (κ1) is 23.4. The number of ether oxygens (including phenoxy) is 1. The van der Waals surface area contributed by atoms with Gasteiger partial charge in [-0.05, 0) is 72.6 Å². The Labute approximate surface area is 207 Å². The topological polar surface area (TPSA) is 73.9 Å². The lowest BCUT2D eigenvalue weighted by molar-refractivity contribution is -0.00298. The molecular weight excluding hydrogens is 432 g/mol. The van der Waals surface area contributed by atoms with Gasteiger partial charge in [0, 0.05) is 29.2 Å². The van der Waals surface area contributed by atoms with Gasteiger partial charge in [-0.15, -0.1) is 0 Å². The standard InChI is InChI=1S/C30H34N4O/c1-19-8-5-6-9-23(19)20-11-12-26-21(14-20)15-25(29(31)34-26)28-24(10-7-13-35-28)27-16-22(32-18-33-27)17-30(2,3)4/h5-6,8-9,11-12,14-16,18,24,28H,7,10,13,17H2,1-4H3,(H2,31,34). The lowest BCUT2D eigenvalue weighted by atomic mass is 9.85. The quantitative estimate of drug-likeness (QED) is 0.358. The Hall–Kier alpha value is -3.31. The highest BCUT2D eigenvalue weighted by Crippen LogP contribution is 2.43. The molecule has 1 aliphatic rings. The second-order valence-electron chi connectivity index (χ2n) is 10.9. The van der Waals surface area contributed by atoms with Crippen LogP contribution in [0.1, 0.15) is 68.1 Å². The van der Waals surface area contributed by atoms with Crippen molar-refractivity contribution in [3.05, 3.63) is 83.4 Å². The van der Waals surface area contributed by atoms with Gasteiger partial charge in [0.2, 0.25) is 0 Å². The van der Waals surface area contributed by atoms with Gasteiger partial charge in [0.1, 0.15) is 12.1 Å². The molecule has 2 aromatic carbocycles.